The smallest absolute Gasteiger partial charge is 0.253 e. The van der Waals surface area contributed by atoms with Crippen molar-refractivity contribution in [2.45, 2.75) is 6.54 Å². The van der Waals surface area contributed by atoms with Crippen molar-refractivity contribution in [2.24, 2.45) is 0 Å². The molecule has 2 aromatic rings. The highest BCUT2D eigenvalue weighted by Crippen LogP contribution is 2.27. The highest BCUT2D eigenvalue weighted by Gasteiger charge is 2.12. The van der Waals surface area contributed by atoms with Gasteiger partial charge in [-0.2, -0.15) is 0 Å². The summed E-state index contributed by atoms with van der Waals surface area (Å²) in [5, 5.41) is 3.16. The molecule has 0 fully saturated rings. The molecule has 0 saturated heterocycles. The largest absolute Gasteiger partial charge is 0.497 e. The lowest BCUT2D eigenvalue weighted by Gasteiger charge is -2.11. The van der Waals surface area contributed by atoms with Gasteiger partial charge < -0.3 is 19.5 Å². The molecule has 5 nitrogen and oxygen atoms in total. The molecule has 2 aromatic carbocycles. The molecule has 0 heterocycles. The van der Waals surface area contributed by atoms with Crippen molar-refractivity contribution in [1.82, 2.24) is 5.32 Å². The van der Waals surface area contributed by atoms with E-state index < -0.39 is 0 Å². The maximum absolute atomic E-state index is 12.2. The molecule has 0 aliphatic heterocycles. The molecule has 6 heteroatoms. The molecule has 1 amide bonds. The van der Waals surface area contributed by atoms with E-state index in [1.54, 1.807) is 45.6 Å². The number of halogens is 1. The van der Waals surface area contributed by atoms with Gasteiger partial charge in [0.2, 0.25) is 0 Å². The minimum Gasteiger partial charge on any atom is -0.497 e. The van der Waals surface area contributed by atoms with Gasteiger partial charge in [0.15, 0.2) is 11.5 Å². The molecule has 0 unspecified atom stereocenters. The van der Waals surface area contributed by atoms with Crippen LogP contribution in [-0.2, 0) is 6.54 Å². The molecule has 0 bridgehead atoms. The predicted molar refractivity (Wildman–Crippen MR) is 88.7 cm³/mol. The third-order valence-electron chi connectivity index (χ3n) is 3.32. The van der Waals surface area contributed by atoms with Crippen LogP contribution in [0.25, 0.3) is 0 Å². The Kier molecular flexibility index (Phi) is 5.71. The number of methoxy groups -OCH3 is 3. The van der Waals surface area contributed by atoms with Crippen LogP contribution < -0.4 is 19.5 Å². The molecule has 0 aliphatic carbocycles. The van der Waals surface area contributed by atoms with Crippen LogP contribution in [0.4, 0.5) is 0 Å². The zero-order valence-electron chi connectivity index (χ0n) is 13.2. The van der Waals surface area contributed by atoms with Gasteiger partial charge >= 0.3 is 0 Å². The number of hydrogen-bond acceptors (Lipinski definition) is 4. The van der Waals surface area contributed by atoms with Crippen molar-refractivity contribution in [2.75, 3.05) is 21.3 Å². The summed E-state index contributed by atoms with van der Waals surface area (Å²) in [6, 6.07) is 10.4. The maximum Gasteiger partial charge on any atom is 0.253 e. The maximum atomic E-state index is 12.2. The zero-order chi connectivity index (χ0) is 16.8. The van der Waals surface area contributed by atoms with E-state index >= 15 is 0 Å². The lowest BCUT2D eigenvalue weighted by atomic mass is 10.1. The van der Waals surface area contributed by atoms with Crippen LogP contribution in [0.2, 0.25) is 5.02 Å². The van der Waals surface area contributed by atoms with Crippen molar-refractivity contribution in [3.05, 3.63) is 52.5 Å². The number of benzene rings is 2. The second-order valence-corrected chi connectivity index (χ2v) is 5.12. The summed E-state index contributed by atoms with van der Waals surface area (Å²) in [5.41, 5.74) is 1.29. The van der Waals surface area contributed by atoms with Crippen molar-refractivity contribution < 1.29 is 19.0 Å². The molecule has 23 heavy (non-hydrogen) atoms. The topological polar surface area (TPSA) is 56.8 Å². The average Bonchev–Trinajstić information content (AvgIpc) is 2.59. The molecule has 2 rings (SSSR count). The highest BCUT2D eigenvalue weighted by molar-refractivity contribution is 6.34. The monoisotopic (exact) mass is 335 g/mol. The minimum absolute atomic E-state index is 0.257. The number of rotatable bonds is 6. The Morgan fingerprint density at radius 3 is 2.35 bits per heavy atom. The Hall–Kier alpha value is -2.40. The van der Waals surface area contributed by atoms with Crippen LogP contribution in [0.5, 0.6) is 17.2 Å². The number of hydrogen-bond donors (Lipinski definition) is 1. The first-order valence-electron chi connectivity index (χ1n) is 6.91. The summed E-state index contributed by atoms with van der Waals surface area (Å²) in [4.78, 5) is 12.2. The van der Waals surface area contributed by atoms with E-state index in [-0.39, 0.29) is 5.91 Å². The summed E-state index contributed by atoms with van der Waals surface area (Å²) in [5.74, 6) is 1.60. The third kappa shape index (κ3) is 4.07. The second kappa shape index (κ2) is 7.74. The predicted octanol–water partition coefficient (Wildman–Crippen LogP) is 3.30. The first-order valence-corrected chi connectivity index (χ1v) is 7.29. The number of ether oxygens (including phenoxy) is 3. The van der Waals surface area contributed by atoms with Gasteiger partial charge in [-0.3, -0.25) is 4.79 Å². The Morgan fingerprint density at radius 2 is 1.74 bits per heavy atom. The summed E-state index contributed by atoms with van der Waals surface area (Å²) in [7, 11) is 4.69. The van der Waals surface area contributed by atoms with Crippen molar-refractivity contribution in [1.29, 1.82) is 0 Å². The van der Waals surface area contributed by atoms with E-state index in [2.05, 4.69) is 5.32 Å². The van der Waals surface area contributed by atoms with Crippen LogP contribution in [0.15, 0.2) is 36.4 Å². The van der Waals surface area contributed by atoms with Crippen molar-refractivity contribution >= 4 is 17.5 Å². The van der Waals surface area contributed by atoms with Gasteiger partial charge in [0.1, 0.15) is 5.75 Å². The Morgan fingerprint density at radius 1 is 1.00 bits per heavy atom. The van der Waals surface area contributed by atoms with Gasteiger partial charge in [0, 0.05) is 6.54 Å². The van der Waals surface area contributed by atoms with E-state index in [0.717, 1.165) is 5.56 Å². The van der Waals surface area contributed by atoms with Gasteiger partial charge in [0.05, 0.1) is 31.9 Å². The van der Waals surface area contributed by atoms with E-state index in [0.29, 0.717) is 34.4 Å². The van der Waals surface area contributed by atoms with Crippen molar-refractivity contribution in [3.63, 3.8) is 0 Å². The summed E-state index contributed by atoms with van der Waals surface area (Å²) < 4.78 is 15.5. The SMILES string of the molecule is COc1ccc(C(=O)NCc2ccc(OC)c(OC)c2)c(Cl)c1. The second-order valence-electron chi connectivity index (χ2n) is 4.72. The number of carbonyl (C=O) groups is 1. The third-order valence-corrected chi connectivity index (χ3v) is 3.63. The standard InChI is InChI=1S/C17H18ClNO4/c1-21-12-5-6-13(14(18)9-12)17(20)19-10-11-4-7-15(22-2)16(8-11)23-3/h4-9H,10H2,1-3H3,(H,19,20). The number of nitrogens with one attached hydrogen (secondary N) is 1. The fourth-order valence-corrected chi connectivity index (χ4v) is 2.33. The fraction of sp³-hybridized carbons (Fsp3) is 0.235. The van der Waals surface area contributed by atoms with Gasteiger partial charge in [-0.1, -0.05) is 17.7 Å². The van der Waals surface area contributed by atoms with Gasteiger partial charge in [0.25, 0.3) is 5.91 Å². The molecule has 0 saturated carbocycles. The van der Waals surface area contributed by atoms with E-state index in [1.165, 1.54) is 0 Å². The lowest BCUT2D eigenvalue weighted by Crippen LogP contribution is -2.23. The average molecular weight is 336 g/mol. The Labute approximate surface area is 140 Å². The van der Waals surface area contributed by atoms with E-state index in [9.17, 15) is 4.79 Å². The van der Waals surface area contributed by atoms with Gasteiger partial charge in [-0.15, -0.1) is 0 Å². The van der Waals surface area contributed by atoms with E-state index in [1.807, 2.05) is 12.1 Å². The molecule has 0 atom stereocenters. The molecule has 0 aromatic heterocycles. The molecule has 0 radical (unpaired) electrons. The summed E-state index contributed by atoms with van der Waals surface area (Å²) >= 11 is 6.09. The van der Waals surface area contributed by atoms with Crippen LogP contribution in [-0.4, -0.2) is 27.2 Å². The van der Waals surface area contributed by atoms with Crippen LogP contribution in [0, 0.1) is 0 Å². The Balaban J connectivity index is 2.07. The molecule has 0 spiro atoms. The van der Waals surface area contributed by atoms with Crippen LogP contribution in [0.3, 0.4) is 0 Å². The molecule has 1 N–H and O–H groups in total. The fourth-order valence-electron chi connectivity index (χ4n) is 2.08. The van der Waals surface area contributed by atoms with Crippen LogP contribution >= 0.6 is 11.6 Å². The normalized spacial score (nSPS) is 10.1. The number of amides is 1. The summed E-state index contributed by atoms with van der Waals surface area (Å²) in [6.45, 7) is 0.349. The van der Waals surface area contributed by atoms with E-state index in [4.69, 9.17) is 25.8 Å². The van der Waals surface area contributed by atoms with Gasteiger partial charge in [-0.05, 0) is 35.9 Å². The Bertz CT molecular complexity index is 703. The minimum atomic E-state index is -0.257. The molecular formula is C17H18ClNO4. The summed E-state index contributed by atoms with van der Waals surface area (Å²) in [6.07, 6.45) is 0. The van der Waals surface area contributed by atoms with Crippen LogP contribution in [0.1, 0.15) is 15.9 Å². The lowest BCUT2D eigenvalue weighted by molar-refractivity contribution is 0.0951. The first kappa shape index (κ1) is 17.0. The molecular weight excluding hydrogens is 318 g/mol. The van der Waals surface area contributed by atoms with Gasteiger partial charge in [-0.25, -0.2) is 0 Å². The zero-order valence-corrected chi connectivity index (χ0v) is 13.9. The quantitative estimate of drug-likeness (QED) is 0.880. The highest BCUT2D eigenvalue weighted by atomic mass is 35.5. The molecule has 0 aliphatic rings. The first-order chi connectivity index (χ1) is 11.1. The number of carbonyl (C=O) groups excluding carboxylic acids is 1. The molecule has 122 valence electrons. The van der Waals surface area contributed by atoms with Crippen molar-refractivity contribution in [3.8, 4) is 17.2 Å².